The lowest BCUT2D eigenvalue weighted by Crippen LogP contribution is -2.46. The summed E-state index contributed by atoms with van der Waals surface area (Å²) in [6.45, 7) is 6.42. The predicted molar refractivity (Wildman–Crippen MR) is 246 cm³/mol. The van der Waals surface area contributed by atoms with E-state index in [-0.39, 0.29) is 24.9 Å². The molecular weight excluding hydrogens is 707 g/mol. The topological polar surface area (TPSA) is 95.9 Å². The Morgan fingerprint density at radius 3 is 1.39 bits per heavy atom. The van der Waals surface area contributed by atoms with Crippen molar-refractivity contribution in [1.82, 2.24) is 5.32 Å². The molecule has 0 fully saturated rings. The number of ether oxygens (including phenoxy) is 1. The molecule has 0 saturated heterocycles. The van der Waals surface area contributed by atoms with Crippen molar-refractivity contribution in [2.24, 2.45) is 0 Å². The highest BCUT2D eigenvalue weighted by Gasteiger charge is 2.23. The smallest absolute Gasteiger partial charge is 0.306 e. The molecule has 0 aromatic rings. The Hall–Kier alpha value is -1.92. The van der Waals surface area contributed by atoms with Crippen LogP contribution < -0.4 is 5.32 Å². The van der Waals surface area contributed by atoms with Crippen LogP contribution in [0.5, 0.6) is 0 Å². The van der Waals surface area contributed by atoms with Gasteiger partial charge in [0.15, 0.2) is 0 Å². The predicted octanol–water partition coefficient (Wildman–Crippen LogP) is 14.5. The zero-order valence-electron chi connectivity index (χ0n) is 38.0. The van der Waals surface area contributed by atoms with Gasteiger partial charge in [-0.15, -0.1) is 0 Å². The van der Waals surface area contributed by atoms with Crippen molar-refractivity contribution in [3.63, 3.8) is 0 Å². The fourth-order valence-corrected chi connectivity index (χ4v) is 7.39. The second kappa shape index (κ2) is 45.2. The summed E-state index contributed by atoms with van der Waals surface area (Å²) in [5, 5.41) is 23.6. The Kier molecular flexibility index (Phi) is 43.6. The minimum absolute atomic E-state index is 0.0283. The number of rotatable bonds is 44. The van der Waals surface area contributed by atoms with Crippen molar-refractivity contribution in [1.29, 1.82) is 0 Å². The van der Waals surface area contributed by atoms with Gasteiger partial charge in [0.25, 0.3) is 0 Å². The van der Waals surface area contributed by atoms with Crippen molar-refractivity contribution in [3.05, 3.63) is 36.5 Å². The van der Waals surface area contributed by atoms with Gasteiger partial charge < -0.3 is 20.3 Å². The lowest BCUT2D eigenvalue weighted by molar-refractivity contribution is -0.148. The van der Waals surface area contributed by atoms with Crippen molar-refractivity contribution >= 4 is 11.9 Å². The van der Waals surface area contributed by atoms with Crippen LogP contribution in [0.2, 0.25) is 0 Å². The van der Waals surface area contributed by atoms with Crippen LogP contribution in [0.1, 0.15) is 252 Å². The zero-order chi connectivity index (χ0) is 41.7. The van der Waals surface area contributed by atoms with Crippen molar-refractivity contribution in [3.8, 4) is 0 Å². The van der Waals surface area contributed by atoms with Crippen LogP contribution in [0, 0.1) is 0 Å². The van der Waals surface area contributed by atoms with E-state index in [9.17, 15) is 19.8 Å². The number of hydrogen-bond donors (Lipinski definition) is 3. The van der Waals surface area contributed by atoms with Gasteiger partial charge in [-0.1, -0.05) is 212 Å². The van der Waals surface area contributed by atoms with Crippen LogP contribution in [0.15, 0.2) is 36.5 Å². The van der Waals surface area contributed by atoms with E-state index in [0.717, 1.165) is 51.4 Å². The van der Waals surface area contributed by atoms with Gasteiger partial charge in [0.1, 0.15) is 6.10 Å². The van der Waals surface area contributed by atoms with Crippen LogP contribution in [-0.4, -0.2) is 46.9 Å². The number of carbonyl (C=O) groups is 2. The molecule has 0 rings (SSSR count). The largest absolute Gasteiger partial charge is 0.458 e. The lowest BCUT2D eigenvalue weighted by Gasteiger charge is -2.23. The third-order valence-corrected chi connectivity index (χ3v) is 11.2. The average molecular weight is 802 g/mol. The zero-order valence-corrected chi connectivity index (χ0v) is 38.0. The van der Waals surface area contributed by atoms with E-state index in [2.05, 4.69) is 50.4 Å². The van der Waals surface area contributed by atoms with E-state index >= 15 is 0 Å². The van der Waals surface area contributed by atoms with Gasteiger partial charge in [-0.05, 0) is 63.9 Å². The number of aliphatic hydroxyl groups is 2. The van der Waals surface area contributed by atoms with Gasteiger partial charge in [-0.2, -0.15) is 0 Å². The highest BCUT2D eigenvalue weighted by molar-refractivity contribution is 5.78. The van der Waals surface area contributed by atoms with Gasteiger partial charge in [-0.25, -0.2) is 0 Å². The summed E-state index contributed by atoms with van der Waals surface area (Å²) in [5.74, 6) is -0.603. The first-order chi connectivity index (χ1) is 28.0. The Morgan fingerprint density at radius 1 is 0.526 bits per heavy atom. The van der Waals surface area contributed by atoms with E-state index in [1.54, 1.807) is 0 Å². The maximum Gasteiger partial charge on any atom is 0.306 e. The minimum atomic E-state index is -0.808. The molecule has 0 saturated carbocycles. The summed E-state index contributed by atoms with van der Waals surface area (Å²) in [6, 6.07) is -0.729. The van der Waals surface area contributed by atoms with E-state index in [1.807, 2.05) is 12.2 Å². The van der Waals surface area contributed by atoms with Crippen LogP contribution in [-0.2, 0) is 14.3 Å². The molecule has 57 heavy (non-hydrogen) atoms. The second-order valence-electron chi connectivity index (χ2n) is 16.9. The van der Waals surface area contributed by atoms with Crippen molar-refractivity contribution in [2.75, 3.05) is 6.61 Å². The first kappa shape index (κ1) is 55.1. The third-order valence-electron chi connectivity index (χ3n) is 11.2. The van der Waals surface area contributed by atoms with Gasteiger partial charge >= 0.3 is 5.97 Å². The molecule has 0 aliphatic heterocycles. The molecule has 0 aromatic carbocycles. The quantitative estimate of drug-likeness (QED) is 0.0324. The molecule has 334 valence electrons. The summed E-state index contributed by atoms with van der Waals surface area (Å²) in [6.07, 6.45) is 52.4. The monoisotopic (exact) mass is 802 g/mol. The summed E-state index contributed by atoms with van der Waals surface area (Å²) in [4.78, 5) is 26.0. The Balaban J connectivity index is 4.59. The summed E-state index contributed by atoms with van der Waals surface area (Å²) in [5.41, 5.74) is 0. The van der Waals surface area contributed by atoms with Crippen molar-refractivity contribution < 1.29 is 24.5 Å². The first-order valence-electron chi connectivity index (χ1n) is 24.7. The fourth-order valence-electron chi connectivity index (χ4n) is 7.39. The van der Waals surface area contributed by atoms with Gasteiger partial charge in [-0.3, -0.25) is 9.59 Å². The molecule has 0 bridgehead atoms. The minimum Gasteiger partial charge on any atom is -0.458 e. The summed E-state index contributed by atoms with van der Waals surface area (Å²) in [7, 11) is 0. The number of unbranched alkanes of at least 4 members (excludes halogenated alkanes) is 28. The van der Waals surface area contributed by atoms with Crippen LogP contribution >= 0.6 is 0 Å². The molecule has 3 atom stereocenters. The number of allylic oxidation sites excluding steroid dienone is 5. The maximum absolute atomic E-state index is 13.1. The SMILES string of the molecule is CCCCCCCC/C=C\C/C=C/C(CC(=O)NC(CO)C(O)CCCCCCCCCCCC)OC(=O)CCCCCCCCC/C=C/CCCCCCCC. The van der Waals surface area contributed by atoms with Crippen LogP contribution in [0.3, 0.4) is 0 Å². The maximum atomic E-state index is 13.1. The molecule has 0 aliphatic carbocycles. The second-order valence-corrected chi connectivity index (χ2v) is 16.9. The highest BCUT2D eigenvalue weighted by atomic mass is 16.5. The molecule has 3 unspecified atom stereocenters. The summed E-state index contributed by atoms with van der Waals surface area (Å²) < 4.78 is 5.81. The molecular formula is C51H95NO5. The molecule has 3 N–H and O–H groups in total. The molecule has 0 radical (unpaired) electrons. The van der Waals surface area contributed by atoms with E-state index in [4.69, 9.17) is 4.74 Å². The summed E-state index contributed by atoms with van der Waals surface area (Å²) >= 11 is 0. The Morgan fingerprint density at radius 2 is 0.930 bits per heavy atom. The van der Waals surface area contributed by atoms with Crippen LogP contribution in [0.25, 0.3) is 0 Å². The van der Waals surface area contributed by atoms with E-state index < -0.39 is 18.2 Å². The van der Waals surface area contributed by atoms with Gasteiger partial charge in [0.2, 0.25) is 5.91 Å². The molecule has 6 heteroatoms. The van der Waals surface area contributed by atoms with Crippen molar-refractivity contribution in [2.45, 2.75) is 270 Å². The molecule has 0 heterocycles. The number of hydrogen-bond acceptors (Lipinski definition) is 5. The number of amides is 1. The van der Waals surface area contributed by atoms with E-state index in [0.29, 0.717) is 12.8 Å². The van der Waals surface area contributed by atoms with Gasteiger partial charge in [0, 0.05) is 6.42 Å². The number of aliphatic hydroxyl groups excluding tert-OH is 2. The third kappa shape index (κ3) is 40.6. The van der Waals surface area contributed by atoms with Gasteiger partial charge in [0.05, 0.1) is 25.2 Å². The van der Waals surface area contributed by atoms with E-state index in [1.165, 1.54) is 161 Å². The molecule has 1 amide bonds. The first-order valence-corrected chi connectivity index (χ1v) is 24.7. The number of nitrogens with one attached hydrogen (secondary N) is 1. The standard InChI is InChI=1S/C51H95NO5/c1-4-7-10-13-16-19-22-23-24-25-26-27-29-32-35-38-41-44-51(56)57-47(42-39-36-33-30-28-20-17-14-11-8-5-2)45-50(55)52-48(46-53)49(54)43-40-37-34-31-21-18-15-12-9-6-3/h23-24,30,33,39,42,47-49,53-54H,4-22,25-29,31-32,34-38,40-41,43-46H2,1-3H3,(H,52,55)/b24-23+,33-30-,42-39+. The fraction of sp³-hybridized carbons (Fsp3) is 0.843. The lowest BCUT2D eigenvalue weighted by atomic mass is 10.0. The molecule has 0 aliphatic rings. The Labute approximate surface area is 353 Å². The molecule has 6 nitrogen and oxygen atoms in total. The normalized spacial score (nSPS) is 13.6. The highest BCUT2D eigenvalue weighted by Crippen LogP contribution is 2.16. The average Bonchev–Trinajstić information content (AvgIpc) is 3.20. The Bertz CT molecular complexity index is 946. The molecule has 0 aromatic heterocycles. The number of carbonyl (C=O) groups excluding carboxylic acids is 2. The molecule has 0 spiro atoms. The van der Waals surface area contributed by atoms with Crippen LogP contribution in [0.4, 0.5) is 0 Å². The number of esters is 1.